The second-order valence-corrected chi connectivity index (χ2v) is 4.48. The van der Waals surface area contributed by atoms with Gasteiger partial charge in [-0.1, -0.05) is 19.7 Å². The first-order chi connectivity index (χ1) is 9.77. The average molecular weight is 291 g/mol. The molecule has 5 nitrogen and oxygen atoms in total. The summed E-state index contributed by atoms with van der Waals surface area (Å²) >= 11 is 0. The van der Waals surface area contributed by atoms with Crippen LogP contribution in [0.5, 0.6) is 0 Å². The van der Waals surface area contributed by atoms with Crippen LogP contribution < -0.4 is 5.69 Å². The third kappa shape index (κ3) is 3.92. The van der Waals surface area contributed by atoms with Crippen molar-refractivity contribution in [1.29, 1.82) is 0 Å². The van der Waals surface area contributed by atoms with E-state index in [1.54, 1.807) is 13.8 Å². The Balaban J connectivity index is 3.27. The Kier molecular flexibility index (Phi) is 5.24. The molecule has 2 N–H and O–H groups in total. The van der Waals surface area contributed by atoms with E-state index in [2.05, 4.69) is 29.7 Å². The summed E-state index contributed by atoms with van der Waals surface area (Å²) in [7, 11) is 0. The number of aromatic amines is 1. The highest BCUT2D eigenvalue weighted by atomic mass is 19.1. The highest BCUT2D eigenvalue weighted by Gasteiger charge is 2.14. The van der Waals surface area contributed by atoms with E-state index < -0.39 is 11.5 Å². The van der Waals surface area contributed by atoms with Crippen LogP contribution in [0.1, 0.15) is 18.3 Å². The molecule has 0 fully saturated rings. The van der Waals surface area contributed by atoms with Gasteiger partial charge in [-0.15, -0.1) is 0 Å². The molecule has 0 unspecified atom stereocenters. The first kappa shape index (κ1) is 16.4. The maximum Gasteiger partial charge on any atom is 0.326 e. The van der Waals surface area contributed by atoms with Crippen molar-refractivity contribution in [3.05, 3.63) is 70.5 Å². The van der Waals surface area contributed by atoms with E-state index in [1.807, 2.05) is 0 Å². The van der Waals surface area contributed by atoms with Gasteiger partial charge in [-0.05, 0) is 19.9 Å². The van der Waals surface area contributed by atoms with E-state index >= 15 is 0 Å². The Bertz CT molecular complexity index is 705. The van der Waals surface area contributed by atoms with Crippen LogP contribution in [0.25, 0.3) is 0 Å². The molecule has 0 saturated heterocycles. The number of aliphatic hydroxyl groups excluding tert-OH is 1. The number of aliphatic hydroxyl groups is 1. The number of aromatic nitrogens is 2. The van der Waals surface area contributed by atoms with Crippen LogP contribution in [-0.4, -0.2) is 20.9 Å². The highest BCUT2D eigenvalue weighted by molar-refractivity contribution is 5.79. The van der Waals surface area contributed by atoms with Gasteiger partial charge in [0.25, 0.3) is 0 Å². The fraction of sp³-hybridized carbons (Fsp3) is 0.200. The van der Waals surface area contributed by atoms with Crippen molar-refractivity contribution in [3.63, 3.8) is 0 Å². The minimum Gasteiger partial charge on any atom is -0.508 e. The molecule has 1 aromatic heterocycles. The molecule has 0 saturated carbocycles. The number of hydrogen-bond donors (Lipinski definition) is 2. The zero-order chi connectivity index (χ0) is 16.2. The third-order valence-corrected chi connectivity index (χ3v) is 2.84. The molecule has 112 valence electrons. The Labute approximate surface area is 122 Å². The number of rotatable bonds is 6. The van der Waals surface area contributed by atoms with Gasteiger partial charge in [0, 0.05) is 17.0 Å². The molecule has 1 aromatic rings. The largest absolute Gasteiger partial charge is 0.508 e. The van der Waals surface area contributed by atoms with Crippen LogP contribution >= 0.6 is 0 Å². The summed E-state index contributed by atoms with van der Waals surface area (Å²) in [6, 6.07) is 0. The van der Waals surface area contributed by atoms with Gasteiger partial charge in [-0.2, -0.15) is 0 Å². The number of aliphatic imine (C=N–C) groups is 1. The summed E-state index contributed by atoms with van der Waals surface area (Å²) < 4.78 is 14.7. The van der Waals surface area contributed by atoms with E-state index in [4.69, 9.17) is 0 Å². The molecule has 1 rings (SSSR count). The van der Waals surface area contributed by atoms with Crippen LogP contribution in [-0.2, 0) is 6.54 Å². The van der Waals surface area contributed by atoms with E-state index in [1.165, 1.54) is 10.8 Å². The lowest BCUT2D eigenvalue weighted by Crippen LogP contribution is -2.19. The summed E-state index contributed by atoms with van der Waals surface area (Å²) in [6.45, 7) is 13.4. The quantitative estimate of drug-likeness (QED) is 0.480. The fourth-order valence-corrected chi connectivity index (χ4v) is 1.65. The normalized spacial score (nSPS) is 12.3. The molecule has 1 heterocycles. The Hall–Kier alpha value is -2.63. The first-order valence-corrected chi connectivity index (χ1v) is 6.16. The Morgan fingerprint density at radius 2 is 2.14 bits per heavy atom. The van der Waals surface area contributed by atoms with E-state index in [0.29, 0.717) is 17.1 Å². The number of allylic oxidation sites excluding steroid dienone is 4. The van der Waals surface area contributed by atoms with Gasteiger partial charge in [0.05, 0.1) is 18.5 Å². The molecule has 0 radical (unpaired) electrons. The molecule has 0 aliphatic heterocycles. The van der Waals surface area contributed by atoms with Gasteiger partial charge in [0.15, 0.2) is 0 Å². The van der Waals surface area contributed by atoms with Crippen LogP contribution in [0, 0.1) is 6.92 Å². The number of halogens is 1. The summed E-state index contributed by atoms with van der Waals surface area (Å²) in [6.07, 6.45) is 2.56. The minimum absolute atomic E-state index is 0.0995. The summed E-state index contributed by atoms with van der Waals surface area (Å²) in [4.78, 5) is 18.5. The summed E-state index contributed by atoms with van der Waals surface area (Å²) in [5.41, 5.74) is 1.10. The van der Waals surface area contributed by atoms with Gasteiger partial charge in [-0.3, -0.25) is 9.56 Å². The Morgan fingerprint density at radius 3 is 2.62 bits per heavy atom. The molecular formula is C15H18FN3O2. The lowest BCUT2D eigenvalue weighted by molar-refractivity contribution is 0.416. The number of hydrogen-bond acceptors (Lipinski definition) is 3. The minimum atomic E-state index is -0.822. The lowest BCUT2D eigenvalue weighted by Gasteiger charge is -2.08. The monoisotopic (exact) mass is 291 g/mol. The van der Waals surface area contributed by atoms with E-state index in [9.17, 15) is 14.3 Å². The molecule has 0 amide bonds. The lowest BCUT2D eigenvalue weighted by atomic mass is 10.2. The van der Waals surface area contributed by atoms with Crippen LogP contribution in [0.3, 0.4) is 0 Å². The SMILES string of the molecule is C=C/C(O)=C(/Cn1c(C)c(C=NC(=C)C)[nH]c1=O)C(=C)F. The van der Waals surface area contributed by atoms with Crippen LogP contribution in [0.15, 0.2) is 58.5 Å². The van der Waals surface area contributed by atoms with E-state index in [0.717, 1.165) is 6.08 Å². The third-order valence-electron chi connectivity index (χ3n) is 2.84. The number of H-pyrrole nitrogens is 1. The summed E-state index contributed by atoms with van der Waals surface area (Å²) in [5.74, 6) is -1.18. The standard InChI is InChI=1S/C15H18FN3O2/c1-6-14(20)12(10(4)16)8-19-11(5)13(18-15(19)21)7-17-9(2)3/h6-7,20H,1-2,4,8H2,3,5H3,(H,18,21)/b14-12+,17-7?. The smallest absolute Gasteiger partial charge is 0.326 e. The second kappa shape index (κ2) is 6.69. The first-order valence-electron chi connectivity index (χ1n) is 6.16. The average Bonchev–Trinajstić information content (AvgIpc) is 2.67. The molecule has 0 aliphatic rings. The molecule has 0 spiro atoms. The van der Waals surface area contributed by atoms with Crippen molar-refractivity contribution >= 4 is 6.21 Å². The van der Waals surface area contributed by atoms with Gasteiger partial charge >= 0.3 is 5.69 Å². The zero-order valence-corrected chi connectivity index (χ0v) is 12.1. The molecule has 0 aliphatic carbocycles. The van der Waals surface area contributed by atoms with Crippen LogP contribution in [0.4, 0.5) is 4.39 Å². The molecular weight excluding hydrogens is 273 g/mol. The van der Waals surface area contributed by atoms with Gasteiger partial charge in [0.1, 0.15) is 11.6 Å². The molecule has 6 heteroatoms. The van der Waals surface area contributed by atoms with Crippen molar-refractivity contribution in [3.8, 4) is 0 Å². The van der Waals surface area contributed by atoms with Crippen molar-refractivity contribution in [2.45, 2.75) is 20.4 Å². The molecule has 0 bridgehead atoms. The predicted molar refractivity (Wildman–Crippen MR) is 82.3 cm³/mol. The van der Waals surface area contributed by atoms with E-state index in [-0.39, 0.29) is 17.9 Å². The van der Waals surface area contributed by atoms with Crippen molar-refractivity contribution in [1.82, 2.24) is 9.55 Å². The van der Waals surface area contributed by atoms with Gasteiger partial charge in [-0.25, -0.2) is 9.18 Å². The highest BCUT2D eigenvalue weighted by Crippen LogP contribution is 2.17. The van der Waals surface area contributed by atoms with Gasteiger partial charge in [0.2, 0.25) is 0 Å². The fourth-order valence-electron chi connectivity index (χ4n) is 1.65. The summed E-state index contributed by atoms with van der Waals surface area (Å²) in [5, 5.41) is 9.61. The van der Waals surface area contributed by atoms with Crippen molar-refractivity contribution in [2.24, 2.45) is 4.99 Å². The Morgan fingerprint density at radius 1 is 1.52 bits per heavy atom. The maximum absolute atomic E-state index is 13.4. The van der Waals surface area contributed by atoms with Crippen molar-refractivity contribution in [2.75, 3.05) is 0 Å². The van der Waals surface area contributed by atoms with Crippen LogP contribution in [0.2, 0.25) is 0 Å². The topological polar surface area (TPSA) is 70.4 Å². The predicted octanol–water partition coefficient (Wildman–Crippen LogP) is 2.92. The number of nitrogens with one attached hydrogen (secondary N) is 1. The number of imidazole rings is 1. The molecule has 21 heavy (non-hydrogen) atoms. The molecule has 0 atom stereocenters. The zero-order valence-electron chi connectivity index (χ0n) is 12.1. The van der Waals surface area contributed by atoms with Crippen molar-refractivity contribution < 1.29 is 9.50 Å². The maximum atomic E-state index is 13.4. The second-order valence-electron chi connectivity index (χ2n) is 4.48. The number of nitrogens with zero attached hydrogens (tertiary/aromatic N) is 2. The van der Waals surface area contributed by atoms with Gasteiger partial charge < -0.3 is 10.1 Å². The molecule has 0 aromatic carbocycles.